The van der Waals surface area contributed by atoms with Crippen LogP contribution in [0, 0.1) is 5.92 Å². The second kappa shape index (κ2) is 11.1. The Morgan fingerprint density at radius 3 is 2.34 bits per heavy atom. The molecule has 1 amide bonds. The zero-order valence-electron chi connectivity index (χ0n) is 21.0. The van der Waals surface area contributed by atoms with E-state index < -0.39 is 0 Å². The molecule has 4 rings (SSSR count). The topological polar surface area (TPSA) is 52.5 Å². The molecule has 0 spiro atoms. The maximum atomic E-state index is 13.0. The molecule has 5 heteroatoms. The molecule has 1 atom stereocenters. The van der Waals surface area contributed by atoms with Gasteiger partial charge in [-0.1, -0.05) is 68.4 Å². The van der Waals surface area contributed by atoms with Gasteiger partial charge in [-0.05, 0) is 40.8 Å². The first kappa shape index (κ1) is 24.4. The standard InChI is InChI=1S/C30H34N2O3/c1-21(2)18-31-30(33)17-25(23-14-15-28(34-3)29(16-23)35-4)26-20-32(19-22-10-6-5-7-11-22)27-13-9-8-12-24(26)27/h5-16,20-21,25H,17-19H2,1-4H3,(H,31,33)/t25-/m1/s1. The molecule has 1 N–H and O–H groups in total. The van der Waals surface area contributed by atoms with Crippen LogP contribution in [-0.4, -0.2) is 31.2 Å². The number of nitrogens with zero attached hydrogens (tertiary/aromatic N) is 1. The first-order chi connectivity index (χ1) is 17.0. The van der Waals surface area contributed by atoms with Gasteiger partial charge in [0.25, 0.3) is 0 Å². The molecular formula is C30H34N2O3. The summed E-state index contributed by atoms with van der Waals surface area (Å²) in [6, 6.07) is 24.8. The van der Waals surface area contributed by atoms with Gasteiger partial charge in [0.2, 0.25) is 5.91 Å². The van der Waals surface area contributed by atoms with Gasteiger partial charge in [0.15, 0.2) is 11.5 Å². The third-order valence-corrected chi connectivity index (χ3v) is 6.30. The Bertz CT molecular complexity index is 1280. The lowest BCUT2D eigenvalue weighted by Gasteiger charge is -2.19. The van der Waals surface area contributed by atoms with E-state index in [-0.39, 0.29) is 11.8 Å². The van der Waals surface area contributed by atoms with E-state index in [1.807, 2.05) is 24.3 Å². The van der Waals surface area contributed by atoms with E-state index in [2.05, 4.69) is 78.5 Å². The normalized spacial score (nSPS) is 12.0. The molecule has 3 aromatic carbocycles. The number of carbonyl (C=O) groups is 1. The van der Waals surface area contributed by atoms with E-state index in [0.29, 0.717) is 30.4 Å². The fourth-order valence-corrected chi connectivity index (χ4v) is 4.52. The maximum Gasteiger partial charge on any atom is 0.220 e. The number of carbonyl (C=O) groups excluding carboxylic acids is 1. The van der Waals surface area contributed by atoms with Crippen molar-refractivity contribution in [1.29, 1.82) is 0 Å². The average molecular weight is 471 g/mol. The Labute approximate surface area is 207 Å². The van der Waals surface area contributed by atoms with Crippen LogP contribution in [0.5, 0.6) is 11.5 Å². The number of amides is 1. The molecule has 1 aromatic heterocycles. The number of methoxy groups -OCH3 is 2. The van der Waals surface area contributed by atoms with E-state index in [1.165, 1.54) is 5.56 Å². The molecule has 0 radical (unpaired) electrons. The Hall–Kier alpha value is -3.73. The van der Waals surface area contributed by atoms with Gasteiger partial charge in [-0.25, -0.2) is 0 Å². The Morgan fingerprint density at radius 1 is 0.914 bits per heavy atom. The highest BCUT2D eigenvalue weighted by molar-refractivity contribution is 5.87. The van der Waals surface area contributed by atoms with Crippen LogP contribution in [0.25, 0.3) is 10.9 Å². The maximum absolute atomic E-state index is 13.0. The highest BCUT2D eigenvalue weighted by Gasteiger charge is 2.24. The summed E-state index contributed by atoms with van der Waals surface area (Å²) in [5.41, 5.74) is 4.53. The highest BCUT2D eigenvalue weighted by Crippen LogP contribution is 2.38. The van der Waals surface area contributed by atoms with E-state index in [1.54, 1.807) is 14.2 Å². The van der Waals surface area contributed by atoms with Crippen LogP contribution < -0.4 is 14.8 Å². The van der Waals surface area contributed by atoms with E-state index in [4.69, 9.17) is 9.47 Å². The molecule has 5 nitrogen and oxygen atoms in total. The van der Waals surface area contributed by atoms with E-state index in [9.17, 15) is 4.79 Å². The third kappa shape index (κ3) is 5.68. The van der Waals surface area contributed by atoms with Crippen LogP contribution in [0.4, 0.5) is 0 Å². The molecule has 1 heterocycles. The Balaban J connectivity index is 1.79. The number of rotatable bonds is 10. The summed E-state index contributed by atoms with van der Waals surface area (Å²) in [6.45, 7) is 5.62. The number of ether oxygens (including phenoxy) is 2. The van der Waals surface area contributed by atoms with Crippen molar-refractivity contribution in [3.8, 4) is 11.5 Å². The molecule has 182 valence electrons. The molecule has 0 unspecified atom stereocenters. The first-order valence-corrected chi connectivity index (χ1v) is 12.1. The van der Waals surface area contributed by atoms with Crippen molar-refractivity contribution < 1.29 is 14.3 Å². The molecule has 0 saturated heterocycles. The summed E-state index contributed by atoms with van der Waals surface area (Å²) >= 11 is 0. The fourth-order valence-electron chi connectivity index (χ4n) is 4.52. The molecule has 0 bridgehead atoms. The largest absolute Gasteiger partial charge is 0.493 e. The van der Waals surface area contributed by atoms with E-state index in [0.717, 1.165) is 28.6 Å². The van der Waals surface area contributed by atoms with Gasteiger partial charge in [0.1, 0.15) is 0 Å². The van der Waals surface area contributed by atoms with Crippen LogP contribution in [0.2, 0.25) is 0 Å². The third-order valence-electron chi connectivity index (χ3n) is 6.30. The number of hydrogen-bond donors (Lipinski definition) is 1. The second-order valence-corrected chi connectivity index (χ2v) is 9.28. The predicted octanol–water partition coefficient (Wildman–Crippen LogP) is 6.00. The molecule has 35 heavy (non-hydrogen) atoms. The predicted molar refractivity (Wildman–Crippen MR) is 141 cm³/mol. The SMILES string of the molecule is COc1ccc([C@@H](CC(=O)NCC(C)C)c2cn(Cc3ccccc3)c3ccccc23)cc1OC. The minimum absolute atomic E-state index is 0.0402. The van der Waals surface area contributed by atoms with Gasteiger partial charge in [-0.15, -0.1) is 0 Å². The summed E-state index contributed by atoms with van der Waals surface area (Å²) < 4.78 is 13.3. The lowest BCUT2D eigenvalue weighted by Crippen LogP contribution is -2.28. The van der Waals surface area contributed by atoms with Crippen molar-refractivity contribution in [3.05, 3.63) is 95.7 Å². The zero-order valence-corrected chi connectivity index (χ0v) is 21.0. The average Bonchev–Trinajstić information content (AvgIpc) is 3.24. The number of benzene rings is 3. The molecule has 0 aliphatic carbocycles. The minimum Gasteiger partial charge on any atom is -0.493 e. The van der Waals surface area contributed by atoms with Crippen LogP contribution in [0.15, 0.2) is 79.0 Å². The summed E-state index contributed by atoms with van der Waals surface area (Å²) in [6.07, 6.45) is 2.55. The van der Waals surface area contributed by atoms with Crippen LogP contribution in [-0.2, 0) is 11.3 Å². The van der Waals surface area contributed by atoms with Gasteiger partial charge >= 0.3 is 0 Å². The lowest BCUT2D eigenvalue weighted by atomic mass is 9.87. The van der Waals surface area contributed by atoms with Crippen molar-refractivity contribution in [2.24, 2.45) is 5.92 Å². The lowest BCUT2D eigenvalue weighted by molar-refractivity contribution is -0.121. The van der Waals surface area contributed by atoms with Crippen molar-refractivity contribution in [3.63, 3.8) is 0 Å². The molecule has 0 aliphatic rings. The van der Waals surface area contributed by atoms with Crippen molar-refractivity contribution in [2.45, 2.75) is 32.7 Å². The van der Waals surface area contributed by atoms with Crippen molar-refractivity contribution >= 4 is 16.8 Å². The Kier molecular flexibility index (Phi) is 7.76. The van der Waals surface area contributed by atoms with Crippen LogP contribution in [0.1, 0.15) is 42.9 Å². The first-order valence-electron chi connectivity index (χ1n) is 12.1. The van der Waals surface area contributed by atoms with Crippen molar-refractivity contribution in [2.75, 3.05) is 20.8 Å². The quantitative estimate of drug-likeness (QED) is 0.309. The van der Waals surface area contributed by atoms with Crippen LogP contribution in [0.3, 0.4) is 0 Å². The molecule has 0 saturated carbocycles. The number of aromatic nitrogens is 1. The summed E-state index contributed by atoms with van der Waals surface area (Å²) in [4.78, 5) is 13.0. The van der Waals surface area contributed by atoms with E-state index >= 15 is 0 Å². The molecule has 4 aromatic rings. The summed E-state index contributed by atoms with van der Waals surface area (Å²) in [7, 11) is 3.27. The van der Waals surface area contributed by atoms with Gasteiger partial charge in [-0.3, -0.25) is 4.79 Å². The van der Waals surface area contributed by atoms with Gasteiger partial charge in [0, 0.05) is 42.5 Å². The fraction of sp³-hybridized carbons (Fsp3) is 0.300. The van der Waals surface area contributed by atoms with Gasteiger partial charge < -0.3 is 19.4 Å². The number of hydrogen-bond acceptors (Lipinski definition) is 3. The van der Waals surface area contributed by atoms with Crippen molar-refractivity contribution in [1.82, 2.24) is 9.88 Å². The molecule has 0 aliphatic heterocycles. The van der Waals surface area contributed by atoms with Crippen LogP contribution >= 0.6 is 0 Å². The number of nitrogens with one attached hydrogen (secondary N) is 1. The molecular weight excluding hydrogens is 436 g/mol. The monoisotopic (exact) mass is 470 g/mol. The minimum atomic E-state index is -0.135. The Morgan fingerprint density at radius 2 is 1.63 bits per heavy atom. The summed E-state index contributed by atoms with van der Waals surface area (Å²) in [5.74, 6) is 1.63. The van der Waals surface area contributed by atoms with Gasteiger partial charge in [-0.2, -0.15) is 0 Å². The number of para-hydroxylation sites is 1. The smallest absolute Gasteiger partial charge is 0.220 e. The second-order valence-electron chi connectivity index (χ2n) is 9.28. The summed E-state index contributed by atoms with van der Waals surface area (Å²) in [5, 5.41) is 4.25. The molecule has 0 fully saturated rings. The van der Waals surface area contributed by atoms with Gasteiger partial charge in [0.05, 0.1) is 14.2 Å². The highest BCUT2D eigenvalue weighted by atomic mass is 16.5. The number of fused-ring (bicyclic) bond motifs is 1. The zero-order chi connectivity index (χ0) is 24.8.